The van der Waals surface area contributed by atoms with Gasteiger partial charge >= 0.3 is 0 Å². The van der Waals surface area contributed by atoms with Gasteiger partial charge in [0.25, 0.3) is 0 Å². The normalized spacial score (nSPS) is 15.5. The van der Waals surface area contributed by atoms with Gasteiger partial charge in [0.1, 0.15) is 24.2 Å². The minimum absolute atomic E-state index is 0.0735. The van der Waals surface area contributed by atoms with Gasteiger partial charge in [-0.25, -0.2) is 4.39 Å². The number of halogens is 1. The van der Waals surface area contributed by atoms with Crippen LogP contribution in [0.4, 0.5) is 4.39 Å². The zero-order valence-electron chi connectivity index (χ0n) is 22.8. The maximum Gasteiger partial charge on any atom is 0.247 e. The molecule has 0 bridgehead atoms. The summed E-state index contributed by atoms with van der Waals surface area (Å²) in [5.41, 5.74) is 1.20. The third kappa shape index (κ3) is 7.82. The summed E-state index contributed by atoms with van der Waals surface area (Å²) in [6.07, 6.45) is 2.22. The van der Waals surface area contributed by atoms with Crippen molar-refractivity contribution >= 4 is 11.8 Å². The number of rotatable bonds is 14. The van der Waals surface area contributed by atoms with E-state index in [1.807, 2.05) is 6.92 Å². The minimum atomic E-state index is -0.999. The van der Waals surface area contributed by atoms with Gasteiger partial charge in [0.2, 0.25) is 17.6 Å². The van der Waals surface area contributed by atoms with Crippen molar-refractivity contribution < 1.29 is 28.2 Å². The lowest BCUT2D eigenvalue weighted by Gasteiger charge is -2.31. The van der Waals surface area contributed by atoms with Crippen LogP contribution < -0.4 is 10.1 Å². The van der Waals surface area contributed by atoms with E-state index in [-0.39, 0.29) is 25.1 Å². The lowest BCUT2D eigenvalue weighted by atomic mass is 10.0. The number of hydrogen-bond donors (Lipinski definition) is 1. The van der Waals surface area contributed by atoms with Crippen molar-refractivity contribution in [3.63, 3.8) is 0 Å². The molecule has 2 atom stereocenters. The smallest absolute Gasteiger partial charge is 0.247 e. The Balaban J connectivity index is 1.55. The quantitative estimate of drug-likeness (QED) is 0.302. The van der Waals surface area contributed by atoms with E-state index in [4.69, 9.17) is 14.2 Å². The molecule has 40 heavy (non-hydrogen) atoms. The third-order valence-corrected chi connectivity index (χ3v) is 6.56. The van der Waals surface area contributed by atoms with Crippen LogP contribution in [0.2, 0.25) is 0 Å². The van der Waals surface area contributed by atoms with Gasteiger partial charge in [0, 0.05) is 38.5 Å². The van der Waals surface area contributed by atoms with Crippen LogP contribution in [-0.4, -0.2) is 83.0 Å². The molecule has 1 aromatic heterocycles. The molecule has 0 radical (unpaired) electrons. The number of methoxy groups -OCH3 is 1. The average Bonchev–Trinajstić information content (AvgIpc) is 3.67. The van der Waals surface area contributed by atoms with Crippen LogP contribution in [0.5, 0.6) is 5.75 Å². The summed E-state index contributed by atoms with van der Waals surface area (Å²) in [5.74, 6) is -0.162. The SMILES string of the molecule is CCOCCCN(C(=O)Cn1nnc(-c2ccc(OC)cc2)n1)[C@H](C(=O)NC[C@H]1CCCO1)c1ccc(F)cc1. The van der Waals surface area contributed by atoms with Gasteiger partial charge in [-0.3, -0.25) is 9.59 Å². The van der Waals surface area contributed by atoms with Crippen molar-refractivity contribution in [1.29, 1.82) is 0 Å². The molecule has 2 heterocycles. The van der Waals surface area contributed by atoms with Crippen molar-refractivity contribution in [2.75, 3.05) is 40.0 Å². The molecule has 1 saturated heterocycles. The lowest BCUT2D eigenvalue weighted by Crippen LogP contribution is -2.47. The Morgan fingerprint density at radius 2 is 1.98 bits per heavy atom. The van der Waals surface area contributed by atoms with Gasteiger partial charge < -0.3 is 24.4 Å². The van der Waals surface area contributed by atoms with Crippen LogP contribution in [0.3, 0.4) is 0 Å². The van der Waals surface area contributed by atoms with E-state index in [0.717, 1.165) is 12.8 Å². The molecule has 0 unspecified atom stereocenters. The van der Waals surface area contributed by atoms with Gasteiger partial charge in [-0.05, 0) is 73.4 Å². The molecule has 0 saturated carbocycles. The minimum Gasteiger partial charge on any atom is -0.497 e. The number of benzene rings is 2. The van der Waals surface area contributed by atoms with Gasteiger partial charge in [0.15, 0.2) is 0 Å². The number of amides is 2. The number of aromatic nitrogens is 4. The highest BCUT2D eigenvalue weighted by Crippen LogP contribution is 2.24. The molecule has 1 fully saturated rings. The van der Waals surface area contributed by atoms with Crippen molar-refractivity contribution in [3.8, 4) is 17.1 Å². The average molecular weight is 555 g/mol. The first kappa shape index (κ1) is 29.1. The van der Waals surface area contributed by atoms with Crippen LogP contribution in [0.1, 0.15) is 37.8 Å². The highest BCUT2D eigenvalue weighted by molar-refractivity contribution is 5.88. The Labute approximate surface area is 232 Å². The molecule has 0 spiro atoms. The number of carbonyl (C=O) groups excluding carboxylic acids is 2. The summed E-state index contributed by atoms with van der Waals surface area (Å²) < 4.78 is 30.1. The largest absolute Gasteiger partial charge is 0.497 e. The fourth-order valence-corrected chi connectivity index (χ4v) is 4.49. The van der Waals surface area contributed by atoms with Gasteiger partial charge in [0.05, 0.1) is 13.2 Å². The van der Waals surface area contributed by atoms with Crippen LogP contribution in [-0.2, 0) is 25.6 Å². The first-order valence-corrected chi connectivity index (χ1v) is 13.4. The number of tetrazole rings is 1. The van der Waals surface area contributed by atoms with Crippen molar-refractivity contribution in [2.45, 2.75) is 44.9 Å². The molecular weight excluding hydrogens is 519 g/mol. The maximum absolute atomic E-state index is 13.8. The summed E-state index contributed by atoms with van der Waals surface area (Å²) in [5, 5.41) is 15.4. The van der Waals surface area contributed by atoms with E-state index in [2.05, 4.69) is 20.7 Å². The number of hydrogen-bond acceptors (Lipinski definition) is 8. The van der Waals surface area contributed by atoms with Crippen molar-refractivity contribution in [3.05, 3.63) is 59.9 Å². The van der Waals surface area contributed by atoms with Crippen LogP contribution >= 0.6 is 0 Å². The maximum atomic E-state index is 13.8. The van der Waals surface area contributed by atoms with E-state index in [1.54, 1.807) is 31.4 Å². The van der Waals surface area contributed by atoms with Crippen LogP contribution in [0.25, 0.3) is 11.4 Å². The predicted molar refractivity (Wildman–Crippen MR) is 144 cm³/mol. The molecule has 2 amide bonds. The molecule has 4 rings (SSSR count). The topological polar surface area (TPSA) is 121 Å². The highest BCUT2D eigenvalue weighted by atomic mass is 19.1. The number of nitrogens with zero attached hydrogens (tertiary/aromatic N) is 5. The molecule has 3 aromatic rings. The second kappa shape index (κ2) is 14.5. The number of nitrogens with one attached hydrogen (secondary N) is 1. The second-order valence-electron chi connectivity index (χ2n) is 9.34. The molecule has 214 valence electrons. The zero-order chi connectivity index (χ0) is 28.3. The van der Waals surface area contributed by atoms with E-state index >= 15 is 0 Å². The first-order chi connectivity index (χ1) is 19.5. The molecule has 1 aliphatic heterocycles. The summed E-state index contributed by atoms with van der Waals surface area (Å²) in [7, 11) is 1.58. The Morgan fingerprint density at radius 1 is 1.20 bits per heavy atom. The number of ether oxygens (including phenoxy) is 3. The first-order valence-electron chi connectivity index (χ1n) is 13.4. The zero-order valence-corrected chi connectivity index (χ0v) is 22.8. The fraction of sp³-hybridized carbons (Fsp3) is 0.464. The third-order valence-electron chi connectivity index (χ3n) is 6.56. The lowest BCUT2D eigenvalue weighted by molar-refractivity contribution is -0.142. The molecule has 2 aromatic carbocycles. The van der Waals surface area contributed by atoms with Crippen LogP contribution in [0.15, 0.2) is 48.5 Å². The molecule has 1 aliphatic rings. The number of carbonyl (C=O) groups is 2. The van der Waals surface area contributed by atoms with E-state index < -0.39 is 17.8 Å². The van der Waals surface area contributed by atoms with Gasteiger partial charge in [-0.2, -0.15) is 4.80 Å². The Kier molecular flexibility index (Phi) is 10.5. The molecule has 1 N–H and O–H groups in total. The van der Waals surface area contributed by atoms with E-state index in [1.165, 1.54) is 34.0 Å². The second-order valence-corrected chi connectivity index (χ2v) is 9.34. The molecular formula is C28H35FN6O5. The Bertz CT molecular complexity index is 1230. The van der Waals surface area contributed by atoms with E-state index in [0.29, 0.717) is 55.5 Å². The summed E-state index contributed by atoms with van der Waals surface area (Å²) in [6, 6.07) is 11.7. The van der Waals surface area contributed by atoms with Gasteiger partial charge in [-0.1, -0.05) is 12.1 Å². The molecule has 11 nitrogen and oxygen atoms in total. The molecule has 12 heteroatoms. The summed E-state index contributed by atoms with van der Waals surface area (Å²) >= 11 is 0. The summed E-state index contributed by atoms with van der Waals surface area (Å²) in [4.78, 5) is 29.9. The fourth-order valence-electron chi connectivity index (χ4n) is 4.49. The van der Waals surface area contributed by atoms with Crippen molar-refractivity contribution in [2.24, 2.45) is 0 Å². The Hall–Kier alpha value is -3.90. The van der Waals surface area contributed by atoms with Crippen LogP contribution in [0, 0.1) is 5.82 Å². The molecule has 0 aliphatic carbocycles. The standard InChI is InChI=1S/C28H35FN6O5/c1-3-39-16-5-15-34(25(36)19-35-32-27(31-33-35)21-9-13-23(38-2)14-10-21)26(20-7-11-22(29)12-8-20)28(37)30-18-24-6-4-17-40-24/h7-14,24,26H,3-6,15-19H2,1-2H3,(H,30,37)/t24-,26+/m1/s1. The monoisotopic (exact) mass is 554 g/mol. The summed E-state index contributed by atoms with van der Waals surface area (Å²) in [6.45, 7) is 3.81. The predicted octanol–water partition coefficient (Wildman–Crippen LogP) is 2.78. The van der Waals surface area contributed by atoms with Crippen molar-refractivity contribution in [1.82, 2.24) is 30.4 Å². The highest BCUT2D eigenvalue weighted by Gasteiger charge is 2.32. The van der Waals surface area contributed by atoms with Gasteiger partial charge in [-0.15, -0.1) is 10.2 Å². The van der Waals surface area contributed by atoms with E-state index in [9.17, 15) is 14.0 Å². The Morgan fingerprint density at radius 3 is 2.65 bits per heavy atom.